The van der Waals surface area contributed by atoms with Gasteiger partial charge in [-0.2, -0.15) is 0 Å². The number of hydrogen-bond donors (Lipinski definition) is 0. The number of carbonyl (C=O) groups excluding carboxylic acids is 1. The zero-order chi connectivity index (χ0) is 36.0. The smallest absolute Gasteiger partial charge is 0.206 e. The van der Waals surface area contributed by atoms with Crippen molar-refractivity contribution in [3.63, 3.8) is 0 Å². The molecule has 0 aliphatic heterocycles. The van der Waals surface area contributed by atoms with E-state index in [9.17, 15) is 13.2 Å². The first-order valence-corrected chi connectivity index (χ1v) is 17.4. The molecule has 0 atom stereocenters. The van der Waals surface area contributed by atoms with Gasteiger partial charge in [-0.05, 0) is 97.9 Å². The molecule has 0 bridgehead atoms. The lowest BCUT2D eigenvalue weighted by molar-refractivity contribution is 0.103. The third kappa shape index (κ3) is 12.7. The highest BCUT2D eigenvalue weighted by Crippen LogP contribution is 2.21. The fraction of sp³-hybridized carbons (Fsp3) is 0.190. The van der Waals surface area contributed by atoms with Gasteiger partial charge in [-0.1, -0.05) is 101 Å². The first-order chi connectivity index (χ1) is 23.2. The molecule has 6 rings (SSSR count). The molecular formula is C42H45N3O3S. The second kappa shape index (κ2) is 18.3. The van der Waals surface area contributed by atoms with Gasteiger partial charge < -0.3 is 0 Å². The largest absolute Gasteiger partial charge is 0.289 e. The quantitative estimate of drug-likeness (QED) is 0.174. The molecule has 49 heavy (non-hydrogen) atoms. The highest BCUT2D eigenvalue weighted by Gasteiger charge is 2.16. The number of carbonyl (C=O) groups is 1. The summed E-state index contributed by atoms with van der Waals surface area (Å²) in [5.41, 5.74) is 10.1. The van der Waals surface area contributed by atoms with E-state index in [1.807, 2.05) is 128 Å². The molecule has 6 aromatic rings. The Bertz CT molecular complexity index is 1860. The van der Waals surface area contributed by atoms with Crippen LogP contribution in [0.3, 0.4) is 0 Å². The summed E-state index contributed by atoms with van der Waals surface area (Å²) in [4.78, 5) is 24.8. The monoisotopic (exact) mass is 671 g/mol. The maximum Gasteiger partial charge on any atom is 0.206 e. The Morgan fingerprint density at radius 1 is 0.449 bits per heavy atom. The number of hydrogen-bond acceptors (Lipinski definition) is 6. The number of sulfone groups is 1. The summed E-state index contributed by atoms with van der Waals surface area (Å²) in [6.45, 7) is 15.8. The number of benzene rings is 4. The average molecular weight is 672 g/mol. The van der Waals surface area contributed by atoms with Crippen LogP contribution in [0.2, 0.25) is 0 Å². The van der Waals surface area contributed by atoms with E-state index in [1.54, 1.807) is 54.9 Å². The molecule has 7 heteroatoms. The number of aromatic nitrogens is 3. The molecule has 2 aromatic heterocycles. The molecule has 2 heterocycles. The summed E-state index contributed by atoms with van der Waals surface area (Å²) < 4.78 is 24.5. The fourth-order valence-electron chi connectivity index (χ4n) is 4.41. The minimum Gasteiger partial charge on any atom is -0.289 e. The van der Waals surface area contributed by atoms with Crippen LogP contribution in [-0.4, -0.2) is 29.2 Å². The zero-order valence-corrected chi connectivity index (χ0v) is 30.4. The van der Waals surface area contributed by atoms with Gasteiger partial charge in [-0.25, -0.2) is 18.4 Å². The molecule has 0 aliphatic rings. The second-order valence-corrected chi connectivity index (χ2v) is 13.9. The summed E-state index contributed by atoms with van der Waals surface area (Å²) in [5.74, 6) is 0.0833. The first-order valence-electron chi connectivity index (χ1n) is 16.0. The minimum atomic E-state index is -3.37. The molecule has 4 aromatic carbocycles. The van der Waals surface area contributed by atoms with Crippen LogP contribution in [-0.2, 0) is 9.84 Å². The van der Waals surface area contributed by atoms with Crippen LogP contribution in [0.1, 0.15) is 61.0 Å². The minimum absolute atomic E-state index is 0.0833. The third-order valence-corrected chi connectivity index (χ3v) is 9.04. The number of nitrogens with zero attached hydrogens (tertiary/aromatic N) is 3. The standard InChI is InChI=1S/C15H14O.C14H14O2S.C7H9N.C6H8N2/c1-11-3-7-13(8-4-11)15(16)14-9-5-12(2)6-10-14;1-11-3-7-13(8-4-11)17(15,16)14-9-5-12(2)6-10-14;1-6-4-3-5-7(2)8-6;1-5-3-6(2)8-4-7-5/h3-10H,1-2H3;3-10H,1-2H3;3-5H,1-2H3;3-4H,1-2H3. The van der Waals surface area contributed by atoms with Crippen LogP contribution in [0.4, 0.5) is 0 Å². The lowest BCUT2D eigenvalue weighted by atomic mass is 10.0. The van der Waals surface area contributed by atoms with Gasteiger partial charge in [-0.15, -0.1) is 0 Å². The number of aryl methyl sites for hydroxylation is 8. The fourth-order valence-corrected chi connectivity index (χ4v) is 5.68. The Morgan fingerprint density at radius 3 is 1.04 bits per heavy atom. The molecule has 0 spiro atoms. The molecule has 252 valence electrons. The molecule has 0 radical (unpaired) electrons. The van der Waals surface area contributed by atoms with Gasteiger partial charge in [-0.3, -0.25) is 9.78 Å². The van der Waals surface area contributed by atoms with Crippen LogP contribution in [0.25, 0.3) is 0 Å². The summed E-state index contributed by atoms with van der Waals surface area (Å²) in [6, 6.07) is 37.1. The van der Waals surface area contributed by atoms with Crippen molar-refractivity contribution in [2.24, 2.45) is 0 Å². The van der Waals surface area contributed by atoms with E-state index in [-0.39, 0.29) is 5.78 Å². The van der Waals surface area contributed by atoms with E-state index in [1.165, 1.54) is 11.1 Å². The Labute approximate surface area is 291 Å². The van der Waals surface area contributed by atoms with Crippen LogP contribution in [0.15, 0.2) is 137 Å². The van der Waals surface area contributed by atoms with Crippen molar-refractivity contribution >= 4 is 15.6 Å². The van der Waals surface area contributed by atoms with Gasteiger partial charge in [0.25, 0.3) is 0 Å². The van der Waals surface area contributed by atoms with Crippen molar-refractivity contribution in [2.75, 3.05) is 0 Å². The van der Waals surface area contributed by atoms with Gasteiger partial charge in [0.1, 0.15) is 6.33 Å². The highest BCUT2D eigenvalue weighted by atomic mass is 32.2. The van der Waals surface area contributed by atoms with Gasteiger partial charge in [0.15, 0.2) is 5.78 Å². The van der Waals surface area contributed by atoms with Crippen molar-refractivity contribution in [3.05, 3.63) is 184 Å². The number of rotatable bonds is 4. The first kappa shape index (κ1) is 38.2. The molecular weight excluding hydrogens is 627 g/mol. The topological polar surface area (TPSA) is 89.9 Å². The Kier molecular flexibility index (Phi) is 14.3. The summed E-state index contributed by atoms with van der Waals surface area (Å²) in [5, 5.41) is 0. The zero-order valence-electron chi connectivity index (χ0n) is 29.6. The van der Waals surface area contributed by atoms with Crippen LogP contribution in [0, 0.1) is 55.4 Å². The van der Waals surface area contributed by atoms with Crippen molar-refractivity contribution in [1.29, 1.82) is 0 Å². The van der Waals surface area contributed by atoms with Gasteiger partial charge >= 0.3 is 0 Å². The predicted molar refractivity (Wildman–Crippen MR) is 199 cm³/mol. The molecule has 0 fully saturated rings. The molecule has 0 saturated carbocycles. The summed E-state index contributed by atoms with van der Waals surface area (Å²) >= 11 is 0. The molecule has 0 aliphatic carbocycles. The Balaban J connectivity index is 0.000000187. The average Bonchev–Trinajstić information content (AvgIpc) is 3.06. The van der Waals surface area contributed by atoms with Crippen molar-refractivity contribution in [1.82, 2.24) is 15.0 Å². The maximum atomic E-state index is 12.3. The maximum absolute atomic E-state index is 12.3. The van der Waals surface area contributed by atoms with Crippen molar-refractivity contribution in [2.45, 2.75) is 65.2 Å². The lowest BCUT2D eigenvalue weighted by Crippen LogP contribution is -2.01. The second-order valence-electron chi connectivity index (χ2n) is 11.9. The highest BCUT2D eigenvalue weighted by molar-refractivity contribution is 7.91. The van der Waals surface area contributed by atoms with Crippen molar-refractivity contribution < 1.29 is 13.2 Å². The number of pyridine rings is 1. The van der Waals surface area contributed by atoms with E-state index >= 15 is 0 Å². The SMILES string of the molecule is Cc1cc(C)ncn1.Cc1ccc(C(=O)c2ccc(C)cc2)cc1.Cc1ccc(S(=O)(=O)c2ccc(C)cc2)cc1.Cc1cccc(C)n1. The molecule has 0 unspecified atom stereocenters. The Hall–Kier alpha value is -5.27. The van der Waals surface area contributed by atoms with E-state index in [0.717, 1.165) is 45.0 Å². The van der Waals surface area contributed by atoms with Gasteiger partial charge in [0, 0.05) is 33.9 Å². The molecule has 0 N–H and O–H groups in total. The molecule has 6 nitrogen and oxygen atoms in total. The van der Waals surface area contributed by atoms with Crippen LogP contribution < -0.4 is 0 Å². The van der Waals surface area contributed by atoms with E-state index in [0.29, 0.717) is 9.79 Å². The van der Waals surface area contributed by atoms with Crippen LogP contribution >= 0.6 is 0 Å². The van der Waals surface area contributed by atoms with Crippen LogP contribution in [0.5, 0.6) is 0 Å². The van der Waals surface area contributed by atoms with E-state index < -0.39 is 9.84 Å². The predicted octanol–water partition coefficient (Wildman–Crippen LogP) is 9.46. The van der Waals surface area contributed by atoms with Crippen molar-refractivity contribution in [3.8, 4) is 0 Å². The Morgan fingerprint density at radius 2 is 0.776 bits per heavy atom. The number of ketones is 1. The molecule has 0 amide bonds. The van der Waals surface area contributed by atoms with Gasteiger partial charge in [0.05, 0.1) is 9.79 Å². The summed E-state index contributed by atoms with van der Waals surface area (Å²) in [7, 11) is -3.37. The lowest BCUT2D eigenvalue weighted by Gasteiger charge is -2.05. The van der Waals surface area contributed by atoms with E-state index in [4.69, 9.17) is 0 Å². The summed E-state index contributed by atoms with van der Waals surface area (Å²) in [6.07, 6.45) is 1.57. The van der Waals surface area contributed by atoms with E-state index in [2.05, 4.69) is 15.0 Å². The normalized spacial score (nSPS) is 10.3. The third-order valence-electron chi connectivity index (χ3n) is 7.26. The van der Waals surface area contributed by atoms with Gasteiger partial charge in [0.2, 0.25) is 9.84 Å². The molecule has 0 saturated heterocycles.